The number of nitrogens with zero attached hydrogens (tertiary/aromatic N) is 1. The first-order chi connectivity index (χ1) is 14.0. The predicted octanol–water partition coefficient (Wildman–Crippen LogP) is 3.24. The zero-order valence-electron chi connectivity index (χ0n) is 14.8. The topological polar surface area (TPSA) is 110 Å². The van der Waals surface area contributed by atoms with Gasteiger partial charge in [0, 0.05) is 0 Å². The van der Waals surface area contributed by atoms with Gasteiger partial charge in [0.05, 0.1) is 23.2 Å². The van der Waals surface area contributed by atoms with Crippen molar-refractivity contribution < 1.29 is 23.5 Å². The van der Waals surface area contributed by atoms with Gasteiger partial charge in [-0.2, -0.15) is 5.10 Å². The van der Waals surface area contributed by atoms with E-state index in [1.54, 1.807) is 54.6 Å². The van der Waals surface area contributed by atoms with Crippen LogP contribution in [0.1, 0.15) is 16.1 Å². The summed E-state index contributed by atoms with van der Waals surface area (Å²) in [6, 6.07) is 15.9. The molecule has 3 aromatic rings. The number of amides is 2. The molecule has 9 heteroatoms. The second-order valence-corrected chi connectivity index (χ2v) is 5.98. The molecule has 29 heavy (non-hydrogen) atoms. The largest absolute Gasteiger partial charge is 0.457 e. The Bertz CT molecular complexity index is 1050. The van der Waals surface area contributed by atoms with Crippen LogP contribution < -0.4 is 15.5 Å². The highest BCUT2D eigenvalue weighted by Crippen LogP contribution is 2.20. The number of furan rings is 1. The third kappa shape index (κ3) is 5.53. The average molecular weight is 412 g/mol. The summed E-state index contributed by atoms with van der Waals surface area (Å²) in [4.78, 5) is 35.4. The highest BCUT2D eigenvalue weighted by molar-refractivity contribution is 6.41. The highest BCUT2D eigenvalue weighted by atomic mass is 35.5. The molecule has 0 spiro atoms. The molecular weight excluding hydrogens is 398 g/mol. The molecule has 8 nitrogen and oxygen atoms in total. The van der Waals surface area contributed by atoms with E-state index < -0.39 is 17.8 Å². The Morgan fingerprint density at radius 2 is 1.72 bits per heavy atom. The van der Waals surface area contributed by atoms with Gasteiger partial charge in [0.15, 0.2) is 0 Å². The average Bonchev–Trinajstić information content (AvgIpc) is 3.26. The Hall–Kier alpha value is -3.91. The van der Waals surface area contributed by atoms with Crippen LogP contribution in [0, 0.1) is 0 Å². The molecule has 0 atom stereocenters. The summed E-state index contributed by atoms with van der Waals surface area (Å²) in [7, 11) is 0. The van der Waals surface area contributed by atoms with E-state index in [0.29, 0.717) is 22.0 Å². The zero-order valence-corrected chi connectivity index (χ0v) is 15.6. The van der Waals surface area contributed by atoms with Crippen LogP contribution in [0.5, 0.6) is 5.75 Å². The number of hydrogen-bond acceptors (Lipinski definition) is 6. The van der Waals surface area contributed by atoms with Gasteiger partial charge in [-0.1, -0.05) is 23.7 Å². The first kappa shape index (κ1) is 19.8. The number of benzene rings is 2. The minimum Gasteiger partial charge on any atom is -0.457 e. The molecule has 2 amide bonds. The summed E-state index contributed by atoms with van der Waals surface area (Å²) >= 11 is 5.92. The molecule has 0 radical (unpaired) electrons. The van der Waals surface area contributed by atoms with Crippen LogP contribution in [0.2, 0.25) is 5.02 Å². The Kier molecular flexibility index (Phi) is 6.39. The van der Waals surface area contributed by atoms with Gasteiger partial charge < -0.3 is 14.5 Å². The summed E-state index contributed by atoms with van der Waals surface area (Å²) in [6.07, 6.45) is 2.71. The fourth-order valence-corrected chi connectivity index (χ4v) is 2.31. The van der Waals surface area contributed by atoms with Crippen LogP contribution in [0.25, 0.3) is 0 Å². The van der Waals surface area contributed by atoms with Crippen molar-refractivity contribution in [1.29, 1.82) is 0 Å². The molecule has 0 unspecified atom stereocenters. The number of carbonyl (C=O) groups excluding carboxylic acids is 3. The number of hydrogen-bond donors (Lipinski definition) is 2. The molecule has 2 N–H and O–H groups in total. The Balaban J connectivity index is 1.50. The molecule has 0 fully saturated rings. The third-order valence-electron chi connectivity index (χ3n) is 3.52. The normalized spacial score (nSPS) is 10.5. The molecule has 2 aromatic carbocycles. The summed E-state index contributed by atoms with van der Waals surface area (Å²) in [5, 5.41) is 6.41. The molecule has 0 bridgehead atoms. The Morgan fingerprint density at radius 3 is 2.41 bits per heavy atom. The lowest BCUT2D eigenvalue weighted by Gasteiger charge is -2.05. The lowest BCUT2D eigenvalue weighted by molar-refractivity contribution is -0.136. The smallest absolute Gasteiger partial charge is 0.379 e. The molecule has 0 saturated carbocycles. The molecule has 146 valence electrons. The fourth-order valence-electron chi connectivity index (χ4n) is 2.13. The molecule has 0 aliphatic heterocycles. The van der Waals surface area contributed by atoms with Gasteiger partial charge in [-0.15, -0.1) is 0 Å². The number of carbonyl (C=O) groups is 3. The van der Waals surface area contributed by atoms with Crippen molar-refractivity contribution in [3.05, 3.63) is 83.3 Å². The number of rotatable bonds is 5. The maximum absolute atomic E-state index is 11.8. The molecule has 0 saturated heterocycles. The SMILES string of the molecule is O=C(N/N=C\c1ccc(OC(=O)c2ccco2)cc1)C(=O)Nc1ccccc1Cl. The number of ether oxygens (including phenoxy) is 1. The molecule has 3 rings (SSSR count). The standard InChI is InChI=1S/C20H14ClN3O5/c21-15-4-1-2-5-16(15)23-18(25)19(26)24-22-12-13-7-9-14(10-8-13)29-20(27)17-6-3-11-28-17/h1-12H,(H,23,25)(H,24,26)/b22-12-. The van der Waals surface area contributed by atoms with Crippen LogP contribution >= 0.6 is 11.6 Å². The van der Waals surface area contributed by atoms with Gasteiger partial charge in [-0.05, 0) is 54.1 Å². The van der Waals surface area contributed by atoms with E-state index in [1.165, 1.54) is 18.5 Å². The number of para-hydroxylation sites is 1. The van der Waals surface area contributed by atoms with Gasteiger partial charge in [-0.3, -0.25) is 9.59 Å². The lowest BCUT2D eigenvalue weighted by Crippen LogP contribution is -2.32. The molecule has 0 aliphatic rings. The Labute approximate surface area is 170 Å². The van der Waals surface area contributed by atoms with Crippen LogP contribution in [-0.4, -0.2) is 24.0 Å². The lowest BCUT2D eigenvalue weighted by atomic mass is 10.2. The van der Waals surface area contributed by atoms with Gasteiger partial charge >= 0.3 is 17.8 Å². The quantitative estimate of drug-likeness (QED) is 0.220. The molecule has 1 aromatic heterocycles. The van der Waals surface area contributed by atoms with Crippen molar-refractivity contribution in [2.45, 2.75) is 0 Å². The van der Waals surface area contributed by atoms with E-state index in [4.69, 9.17) is 20.8 Å². The van der Waals surface area contributed by atoms with Crippen molar-refractivity contribution >= 4 is 41.3 Å². The molecule has 1 heterocycles. The predicted molar refractivity (Wildman–Crippen MR) is 106 cm³/mol. The molecule has 0 aliphatic carbocycles. The maximum Gasteiger partial charge on any atom is 0.379 e. The van der Waals surface area contributed by atoms with E-state index in [1.807, 2.05) is 0 Å². The summed E-state index contributed by atoms with van der Waals surface area (Å²) in [5.41, 5.74) is 3.04. The van der Waals surface area contributed by atoms with Gasteiger partial charge in [0.25, 0.3) is 0 Å². The first-order valence-electron chi connectivity index (χ1n) is 8.27. The number of esters is 1. The monoisotopic (exact) mass is 411 g/mol. The van der Waals surface area contributed by atoms with E-state index in [9.17, 15) is 14.4 Å². The summed E-state index contributed by atoms with van der Waals surface area (Å²) in [5.74, 6) is -2.08. The molecular formula is C20H14ClN3O5. The number of nitrogens with one attached hydrogen (secondary N) is 2. The van der Waals surface area contributed by atoms with Crippen LogP contribution in [0.4, 0.5) is 5.69 Å². The second-order valence-electron chi connectivity index (χ2n) is 5.57. The maximum atomic E-state index is 11.8. The van der Waals surface area contributed by atoms with Gasteiger partial charge in [0.1, 0.15) is 5.75 Å². The fraction of sp³-hybridized carbons (Fsp3) is 0. The van der Waals surface area contributed by atoms with E-state index in [0.717, 1.165) is 0 Å². The minimum absolute atomic E-state index is 0.0911. The van der Waals surface area contributed by atoms with E-state index in [-0.39, 0.29) is 5.76 Å². The second kappa shape index (κ2) is 9.34. The Morgan fingerprint density at radius 1 is 0.966 bits per heavy atom. The van der Waals surface area contributed by atoms with Gasteiger partial charge in [0.2, 0.25) is 5.76 Å². The third-order valence-corrected chi connectivity index (χ3v) is 3.85. The van der Waals surface area contributed by atoms with Crippen molar-refractivity contribution in [3.63, 3.8) is 0 Å². The minimum atomic E-state index is -0.954. The van der Waals surface area contributed by atoms with E-state index >= 15 is 0 Å². The highest BCUT2D eigenvalue weighted by Gasteiger charge is 2.14. The van der Waals surface area contributed by atoms with Crippen LogP contribution in [0.3, 0.4) is 0 Å². The van der Waals surface area contributed by atoms with Crippen molar-refractivity contribution in [2.75, 3.05) is 5.32 Å². The number of halogens is 1. The summed E-state index contributed by atoms with van der Waals surface area (Å²) in [6.45, 7) is 0. The first-order valence-corrected chi connectivity index (χ1v) is 8.65. The van der Waals surface area contributed by atoms with Crippen LogP contribution in [-0.2, 0) is 9.59 Å². The van der Waals surface area contributed by atoms with Crippen LogP contribution in [0.15, 0.2) is 76.4 Å². The number of hydrazone groups is 1. The van der Waals surface area contributed by atoms with Crippen molar-refractivity contribution in [3.8, 4) is 5.75 Å². The van der Waals surface area contributed by atoms with E-state index in [2.05, 4.69) is 15.8 Å². The summed E-state index contributed by atoms with van der Waals surface area (Å²) < 4.78 is 10.1. The van der Waals surface area contributed by atoms with Crippen molar-refractivity contribution in [2.24, 2.45) is 5.10 Å². The van der Waals surface area contributed by atoms with Crippen molar-refractivity contribution in [1.82, 2.24) is 5.43 Å². The van der Waals surface area contributed by atoms with Gasteiger partial charge in [-0.25, -0.2) is 10.2 Å². The zero-order chi connectivity index (χ0) is 20.6. The number of anilines is 1.